The van der Waals surface area contributed by atoms with E-state index < -0.39 is 6.61 Å². The van der Waals surface area contributed by atoms with Gasteiger partial charge < -0.3 is 10.1 Å². The van der Waals surface area contributed by atoms with E-state index in [1.165, 1.54) is 49.9 Å². The summed E-state index contributed by atoms with van der Waals surface area (Å²) in [5, 5.41) is 3.09. The van der Waals surface area contributed by atoms with Crippen molar-refractivity contribution in [2.45, 2.75) is 38.3 Å². The highest BCUT2D eigenvalue weighted by Gasteiger charge is 2.42. The third-order valence-corrected chi connectivity index (χ3v) is 3.90. The molecular weight excluding hydrogens is 264 g/mol. The van der Waals surface area contributed by atoms with Gasteiger partial charge in [-0.15, -0.1) is 0 Å². The third-order valence-electron chi connectivity index (χ3n) is 3.90. The van der Waals surface area contributed by atoms with Gasteiger partial charge in [-0.3, -0.25) is 4.79 Å². The molecule has 1 aromatic rings. The van der Waals surface area contributed by atoms with Gasteiger partial charge in [0.1, 0.15) is 5.75 Å². The molecule has 1 N–H and O–H groups in total. The van der Waals surface area contributed by atoms with Crippen molar-refractivity contribution in [3.63, 3.8) is 0 Å². The van der Waals surface area contributed by atoms with E-state index >= 15 is 0 Å². The quantitative estimate of drug-likeness (QED) is 0.869. The number of rotatable bonds is 6. The second kappa shape index (κ2) is 5.38. The first-order valence-electron chi connectivity index (χ1n) is 6.99. The fraction of sp³-hybridized carbons (Fsp3) is 0.533. The molecule has 0 heterocycles. The normalized spacial score (nSPS) is 18.4. The average Bonchev–Trinajstić information content (AvgIpc) is 3.28. The van der Waals surface area contributed by atoms with E-state index in [-0.39, 0.29) is 11.7 Å². The number of amides is 1. The largest absolute Gasteiger partial charge is 0.435 e. The Hall–Kier alpha value is -1.65. The van der Waals surface area contributed by atoms with Gasteiger partial charge in [0, 0.05) is 11.6 Å². The van der Waals surface area contributed by atoms with Crippen LogP contribution in [-0.2, 0) is 0 Å². The summed E-state index contributed by atoms with van der Waals surface area (Å²) in [5.74, 6) is 1.20. The number of carbonyl (C=O) groups is 1. The molecule has 20 heavy (non-hydrogen) atoms. The van der Waals surface area contributed by atoms with Crippen molar-refractivity contribution in [1.29, 1.82) is 0 Å². The molecule has 0 spiro atoms. The zero-order valence-electron chi connectivity index (χ0n) is 11.0. The molecule has 2 saturated carbocycles. The fourth-order valence-electron chi connectivity index (χ4n) is 2.55. The number of carbonyl (C=O) groups excluding carboxylic acids is 1. The van der Waals surface area contributed by atoms with Crippen molar-refractivity contribution in [3.8, 4) is 5.75 Å². The number of benzene rings is 1. The van der Waals surface area contributed by atoms with Crippen molar-refractivity contribution >= 4 is 5.91 Å². The highest BCUT2D eigenvalue weighted by Crippen LogP contribution is 2.44. The average molecular weight is 281 g/mol. The number of hydrogen-bond acceptors (Lipinski definition) is 2. The summed E-state index contributed by atoms with van der Waals surface area (Å²) in [7, 11) is 0. The lowest BCUT2D eigenvalue weighted by atomic mass is 10.1. The molecule has 1 amide bonds. The highest BCUT2D eigenvalue weighted by molar-refractivity contribution is 5.94. The van der Waals surface area contributed by atoms with Crippen molar-refractivity contribution in [2.24, 2.45) is 11.8 Å². The lowest BCUT2D eigenvalue weighted by molar-refractivity contribution is -0.0498. The summed E-state index contributed by atoms with van der Waals surface area (Å²) in [5.41, 5.74) is 0.484. The minimum Gasteiger partial charge on any atom is -0.435 e. The predicted molar refractivity (Wildman–Crippen MR) is 69.8 cm³/mol. The van der Waals surface area contributed by atoms with Gasteiger partial charge in [-0.1, -0.05) is 0 Å². The van der Waals surface area contributed by atoms with Crippen molar-refractivity contribution in [3.05, 3.63) is 29.8 Å². The Morgan fingerprint density at radius 1 is 1.10 bits per heavy atom. The maximum absolute atomic E-state index is 12.2. The van der Waals surface area contributed by atoms with Crippen LogP contribution in [0.2, 0.25) is 0 Å². The topological polar surface area (TPSA) is 38.3 Å². The smallest absolute Gasteiger partial charge is 0.387 e. The second-order valence-electron chi connectivity index (χ2n) is 5.58. The summed E-state index contributed by atoms with van der Waals surface area (Å²) in [6.45, 7) is -2.84. The predicted octanol–water partition coefficient (Wildman–Crippen LogP) is 3.21. The molecule has 0 aromatic heterocycles. The Balaban J connectivity index is 1.61. The van der Waals surface area contributed by atoms with Gasteiger partial charge in [0.25, 0.3) is 5.91 Å². The van der Waals surface area contributed by atoms with E-state index in [0.29, 0.717) is 23.4 Å². The van der Waals surface area contributed by atoms with E-state index in [1.807, 2.05) is 0 Å². The summed E-state index contributed by atoms with van der Waals surface area (Å²) in [4.78, 5) is 12.2. The van der Waals surface area contributed by atoms with E-state index in [4.69, 9.17) is 0 Å². The Morgan fingerprint density at radius 2 is 1.65 bits per heavy atom. The number of alkyl halides is 2. The van der Waals surface area contributed by atoms with Crippen LogP contribution in [0.5, 0.6) is 5.75 Å². The van der Waals surface area contributed by atoms with Crippen LogP contribution in [-0.4, -0.2) is 18.6 Å². The molecule has 1 aromatic carbocycles. The minimum atomic E-state index is -2.84. The van der Waals surface area contributed by atoms with Crippen LogP contribution >= 0.6 is 0 Å². The molecule has 0 unspecified atom stereocenters. The second-order valence-corrected chi connectivity index (χ2v) is 5.58. The monoisotopic (exact) mass is 281 g/mol. The van der Waals surface area contributed by atoms with Crippen molar-refractivity contribution in [1.82, 2.24) is 5.32 Å². The van der Waals surface area contributed by atoms with Gasteiger partial charge >= 0.3 is 6.61 Å². The van der Waals surface area contributed by atoms with Gasteiger partial charge in [0.15, 0.2) is 0 Å². The van der Waals surface area contributed by atoms with Gasteiger partial charge in [-0.25, -0.2) is 0 Å². The Morgan fingerprint density at radius 3 is 2.10 bits per heavy atom. The maximum Gasteiger partial charge on any atom is 0.387 e. The highest BCUT2D eigenvalue weighted by atomic mass is 19.3. The van der Waals surface area contributed by atoms with Crippen LogP contribution in [0.3, 0.4) is 0 Å². The molecular formula is C15H17F2NO2. The van der Waals surface area contributed by atoms with Crippen LogP contribution < -0.4 is 10.1 Å². The van der Waals surface area contributed by atoms with Crippen LogP contribution in [0.1, 0.15) is 36.0 Å². The molecule has 2 aliphatic carbocycles. The molecule has 3 rings (SSSR count). The zero-order chi connectivity index (χ0) is 14.1. The number of nitrogens with one attached hydrogen (secondary N) is 1. The number of ether oxygens (including phenoxy) is 1. The summed E-state index contributed by atoms with van der Waals surface area (Å²) < 4.78 is 28.3. The fourth-order valence-corrected chi connectivity index (χ4v) is 2.55. The molecule has 3 nitrogen and oxygen atoms in total. The number of halogens is 2. The first kappa shape index (κ1) is 13.3. The van der Waals surface area contributed by atoms with Gasteiger partial charge in [-0.2, -0.15) is 8.78 Å². The molecule has 0 radical (unpaired) electrons. The van der Waals surface area contributed by atoms with Crippen molar-refractivity contribution < 1.29 is 18.3 Å². The Bertz CT molecular complexity index is 469. The maximum atomic E-state index is 12.2. The van der Waals surface area contributed by atoms with E-state index in [0.717, 1.165) is 0 Å². The van der Waals surface area contributed by atoms with Crippen LogP contribution in [0.15, 0.2) is 24.3 Å². The van der Waals surface area contributed by atoms with Crippen LogP contribution in [0.25, 0.3) is 0 Å². The molecule has 5 heteroatoms. The van der Waals surface area contributed by atoms with E-state index in [1.54, 1.807) is 0 Å². The summed E-state index contributed by atoms with van der Waals surface area (Å²) in [6, 6.07) is 6.11. The molecule has 0 aliphatic heterocycles. The number of hydrogen-bond donors (Lipinski definition) is 1. The van der Waals surface area contributed by atoms with Crippen LogP contribution in [0, 0.1) is 11.8 Å². The van der Waals surface area contributed by atoms with E-state index in [9.17, 15) is 13.6 Å². The molecule has 2 aliphatic rings. The van der Waals surface area contributed by atoms with Gasteiger partial charge in [0.05, 0.1) is 0 Å². The summed E-state index contributed by atoms with van der Waals surface area (Å²) >= 11 is 0. The lowest BCUT2D eigenvalue weighted by Gasteiger charge is -2.17. The Labute approximate surface area is 116 Å². The molecule has 0 saturated heterocycles. The zero-order valence-corrected chi connectivity index (χ0v) is 11.0. The van der Waals surface area contributed by atoms with Crippen LogP contribution in [0.4, 0.5) is 8.78 Å². The molecule has 108 valence electrons. The van der Waals surface area contributed by atoms with E-state index in [2.05, 4.69) is 10.1 Å². The Kier molecular flexibility index (Phi) is 3.59. The molecule has 0 atom stereocenters. The standard InChI is InChI=1S/C15H17F2NO2/c16-15(17)20-12-7-5-11(6-8-12)14(19)18-13(9-1-2-9)10-3-4-10/h5-10,13,15H,1-4H2,(H,18,19). The van der Waals surface area contributed by atoms with Gasteiger partial charge in [-0.05, 0) is 61.8 Å². The SMILES string of the molecule is O=C(NC(C1CC1)C1CC1)c1ccc(OC(F)F)cc1. The summed E-state index contributed by atoms with van der Waals surface area (Å²) in [6.07, 6.45) is 4.79. The molecule has 0 bridgehead atoms. The molecule has 2 fully saturated rings. The minimum absolute atomic E-state index is 0.0671. The first-order valence-corrected chi connectivity index (χ1v) is 6.99. The third kappa shape index (κ3) is 3.26. The first-order chi connectivity index (χ1) is 9.63. The lowest BCUT2D eigenvalue weighted by Crippen LogP contribution is -2.38. The van der Waals surface area contributed by atoms with Crippen molar-refractivity contribution in [2.75, 3.05) is 0 Å². The van der Waals surface area contributed by atoms with Gasteiger partial charge in [0.2, 0.25) is 0 Å².